The van der Waals surface area contributed by atoms with Gasteiger partial charge in [-0.1, -0.05) is 27.2 Å². The van der Waals surface area contributed by atoms with Gasteiger partial charge in [-0.3, -0.25) is 9.59 Å². The van der Waals surface area contributed by atoms with Crippen molar-refractivity contribution in [1.82, 2.24) is 5.32 Å². The summed E-state index contributed by atoms with van der Waals surface area (Å²) in [6.45, 7) is 7.63. The second kappa shape index (κ2) is 6.43. The molecule has 15 heavy (non-hydrogen) atoms. The summed E-state index contributed by atoms with van der Waals surface area (Å²) in [7, 11) is 0. The largest absolute Gasteiger partial charge is 0.481 e. The van der Waals surface area contributed by atoms with E-state index in [-0.39, 0.29) is 24.3 Å². The Morgan fingerprint density at radius 1 is 1.27 bits per heavy atom. The molecule has 0 spiro atoms. The Balaban J connectivity index is 4.06. The number of hydrogen-bond donors (Lipinski definition) is 2. The minimum Gasteiger partial charge on any atom is -0.481 e. The van der Waals surface area contributed by atoms with Gasteiger partial charge >= 0.3 is 5.97 Å². The Hall–Kier alpha value is -1.06. The van der Waals surface area contributed by atoms with Crippen LogP contribution in [0.5, 0.6) is 0 Å². The van der Waals surface area contributed by atoms with E-state index in [0.29, 0.717) is 5.92 Å². The molecule has 4 nitrogen and oxygen atoms in total. The standard InChI is InChI=1S/C11H21NO3/c1-5-7(2)9(4)11(15)12-8(3)6-10(13)14/h7-9H,5-6H2,1-4H3,(H,12,15)(H,13,14). The van der Waals surface area contributed by atoms with Gasteiger partial charge in [-0.15, -0.1) is 0 Å². The topological polar surface area (TPSA) is 66.4 Å². The highest BCUT2D eigenvalue weighted by atomic mass is 16.4. The molecule has 0 aromatic carbocycles. The summed E-state index contributed by atoms with van der Waals surface area (Å²) in [6.07, 6.45) is 0.918. The van der Waals surface area contributed by atoms with Gasteiger partial charge in [0.15, 0.2) is 0 Å². The third kappa shape index (κ3) is 5.40. The minimum absolute atomic E-state index is 0.0288. The molecule has 0 saturated carbocycles. The van der Waals surface area contributed by atoms with Gasteiger partial charge in [-0.2, -0.15) is 0 Å². The maximum atomic E-state index is 11.6. The Bertz CT molecular complexity index is 228. The number of aliphatic carboxylic acids is 1. The molecular weight excluding hydrogens is 194 g/mol. The van der Waals surface area contributed by atoms with Crippen molar-refractivity contribution < 1.29 is 14.7 Å². The fraction of sp³-hybridized carbons (Fsp3) is 0.818. The van der Waals surface area contributed by atoms with E-state index in [4.69, 9.17) is 5.11 Å². The number of nitrogens with one attached hydrogen (secondary N) is 1. The van der Waals surface area contributed by atoms with Crippen molar-refractivity contribution in [3.8, 4) is 0 Å². The highest BCUT2D eigenvalue weighted by molar-refractivity contribution is 5.79. The Morgan fingerprint density at radius 3 is 2.20 bits per heavy atom. The monoisotopic (exact) mass is 215 g/mol. The third-order valence-corrected chi connectivity index (χ3v) is 2.78. The maximum absolute atomic E-state index is 11.6. The quantitative estimate of drug-likeness (QED) is 0.708. The van der Waals surface area contributed by atoms with Crippen LogP contribution in [0.15, 0.2) is 0 Å². The fourth-order valence-electron chi connectivity index (χ4n) is 1.30. The first-order chi connectivity index (χ1) is 6.88. The maximum Gasteiger partial charge on any atom is 0.305 e. The minimum atomic E-state index is -0.890. The second-order valence-corrected chi connectivity index (χ2v) is 4.18. The van der Waals surface area contributed by atoms with Crippen molar-refractivity contribution in [3.05, 3.63) is 0 Å². The molecule has 0 heterocycles. The summed E-state index contributed by atoms with van der Waals surface area (Å²) in [5.41, 5.74) is 0. The van der Waals surface area contributed by atoms with Crippen LogP contribution in [0.2, 0.25) is 0 Å². The van der Waals surface area contributed by atoms with Crippen LogP contribution < -0.4 is 5.32 Å². The summed E-state index contributed by atoms with van der Waals surface area (Å²) in [5, 5.41) is 11.2. The van der Waals surface area contributed by atoms with Crippen LogP contribution in [0.4, 0.5) is 0 Å². The zero-order valence-corrected chi connectivity index (χ0v) is 9.91. The summed E-state index contributed by atoms with van der Waals surface area (Å²) >= 11 is 0. The van der Waals surface area contributed by atoms with E-state index in [1.165, 1.54) is 0 Å². The van der Waals surface area contributed by atoms with E-state index in [1.807, 2.05) is 20.8 Å². The molecule has 0 rings (SSSR count). The Kier molecular flexibility index (Phi) is 5.97. The van der Waals surface area contributed by atoms with Crippen molar-refractivity contribution in [2.24, 2.45) is 11.8 Å². The molecular formula is C11H21NO3. The molecule has 88 valence electrons. The average Bonchev–Trinajstić information content (AvgIpc) is 2.13. The van der Waals surface area contributed by atoms with E-state index in [1.54, 1.807) is 6.92 Å². The van der Waals surface area contributed by atoms with Gasteiger partial charge in [0.1, 0.15) is 0 Å². The van der Waals surface area contributed by atoms with E-state index in [9.17, 15) is 9.59 Å². The fourth-order valence-corrected chi connectivity index (χ4v) is 1.30. The molecule has 1 amide bonds. The van der Waals surface area contributed by atoms with Crippen LogP contribution in [0.1, 0.15) is 40.5 Å². The van der Waals surface area contributed by atoms with E-state index >= 15 is 0 Å². The lowest BCUT2D eigenvalue weighted by atomic mass is 9.92. The zero-order valence-electron chi connectivity index (χ0n) is 9.91. The normalized spacial score (nSPS) is 16.5. The Morgan fingerprint density at radius 2 is 1.80 bits per heavy atom. The molecule has 3 atom stereocenters. The van der Waals surface area contributed by atoms with Crippen LogP contribution in [0.25, 0.3) is 0 Å². The Labute approximate surface area is 91.1 Å². The molecule has 2 N–H and O–H groups in total. The molecule has 0 aliphatic heterocycles. The average molecular weight is 215 g/mol. The van der Waals surface area contributed by atoms with Gasteiger partial charge in [0, 0.05) is 12.0 Å². The molecule has 0 aliphatic carbocycles. The number of carboxylic acid groups (broad SMARTS) is 1. The van der Waals surface area contributed by atoms with Gasteiger partial charge in [-0.25, -0.2) is 0 Å². The summed E-state index contributed by atoms with van der Waals surface area (Å²) in [5.74, 6) is -0.689. The summed E-state index contributed by atoms with van der Waals surface area (Å²) < 4.78 is 0. The molecule has 3 unspecified atom stereocenters. The van der Waals surface area contributed by atoms with Crippen LogP contribution >= 0.6 is 0 Å². The van der Waals surface area contributed by atoms with Crippen molar-refractivity contribution >= 4 is 11.9 Å². The molecule has 0 aliphatic rings. The first kappa shape index (κ1) is 13.9. The van der Waals surface area contributed by atoms with Gasteiger partial charge in [0.25, 0.3) is 0 Å². The molecule has 0 bridgehead atoms. The SMILES string of the molecule is CCC(C)C(C)C(=O)NC(C)CC(=O)O. The molecule has 0 radical (unpaired) electrons. The van der Waals surface area contributed by atoms with Crippen LogP contribution in [-0.4, -0.2) is 23.0 Å². The van der Waals surface area contributed by atoms with Crippen molar-refractivity contribution in [2.75, 3.05) is 0 Å². The summed E-state index contributed by atoms with van der Waals surface area (Å²) in [4.78, 5) is 22.0. The van der Waals surface area contributed by atoms with E-state index in [2.05, 4.69) is 5.32 Å². The predicted molar refractivity (Wildman–Crippen MR) is 58.5 cm³/mol. The van der Waals surface area contributed by atoms with Crippen LogP contribution in [0, 0.1) is 11.8 Å². The number of carbonyl (C=O) groups is 2. The lowest BCUT2D eigenvalue weighted by Gasteiger charge is -2.20. The van der Waals surface area contributed by atoms with E-state index < -0.39 is 5.97 Å². The van der Waals surface area contributed by atoms with Gasteiger partial charge in [0.2, 0.25) is 5.91 Å². The first-order valence-electron chi connectivity index (χ1n) is 5.40. The smallest absolute Gasteiger partial charge is 0.305 e. The number of carbonyl (C=O) groups excluding carboxylic acids is 1. The molecule has 0 aromatic rings. The highest BCUT2D eigenvalue weighted by Crippen LogP contribution is 2.14. The number of rotatable bonds is 6. The van der Waals surface area contributed by atoms with Crippen LogP contribution in [-0.2, 0) is 9.59 Å². The van der Waals surface area contributed by atoms with Gasteiger partial charge in [0.05, 0.1) is 6.42 Å². The molecule has 4 heteroatoms. The van der Waals surface area contributed by atoms with E-state index in [0.717, 1.165) is 6.42 Å². The highest BCUT2D eigenvalue weighted by Gasteiger charge is 2.20. The zero-order chi connectivity index (χ0) is 12.0. The van der Waals surface area contributed by atoms with Crippen molar-refractivity contribution in [1.29, 1.82) is 0 Å². The number of carboxylic acids is 1. The predicted octanol–water partition coefficient (Wildman–Crippen LogP) is 1.65. The van der Waals surface area contributed by atoms with Gasteiger partial charge < -0.3 is 10.4 Å². The molecule has 0 aromatic heterocycles. The first-order valence-corrected chi connectivity index (χ1v) is 5.40. The summed E-state index contributed by atoms with van der Waals surface area (Å²) in [6, 6.07) is -0.304. The molecule has 0 saturated heterocycles. The van der Waals surface area contributed by atoms with Crippen LogP contribution in [0.3, 0.4) is 0 Å². The lowest BCUT2D eigenvalue weighted by molar-refractivity contribution is -0.137. The number of amides is 1. The third-order valence-electron chi connectivity index (χ3n) is 2.78. The van der Waals surface area contributed by atoms with Crippen molar-refractivity contribution in [2.45, 2.75) is 46.6 Å². The van der Waals surface area contributed by atoms with Gasteiger partial charge in [-0.05, 0) is 12.8 Å². The molecule has 0 fully saturated rings. The van der Waals surface area contributed by atoms with Crippen molar-refractivity contribution in [3.63, 3.8) is 0 Å². The lowest BCUT2D eigenvalue weighted by Crippen LogP contribution is -2.39. The number of hydrogen-bond acceptors (Lipinski definition) is 2. The second-order valence-electron chi connectivity index (χ2n) is 4.18.